The fraction of sp³-hybridized carbons (Fsp3) is 0.286. The van der Waals surface area contributed by atoms with Crippen molar-refractivity contribution >= 4 is 28.2 Å². The van der Waals surface area contributed by atoms with Gasteiger partial charge in [0.15, 0.2) is 0 Å². The fourth-order valence-electron chi connectivity index (χ4n) is 2.21. The van der Waals surface area contributed by atoms with Crippen molar-refractivity contribution in [3.05, 3.63) is 40.6 Å². The molecule has 1 N–H and O–H groups in total. The van der Waals surface area contributed by atoms with Crippen LogP contribution in [0.4, 0.5) is 11.4 Å². The number of nitro benzene ring substituents is 1. The molecule has 0 saturated carbocycles. The van der Waals surface area contributed by atoms with Crippen molar-refractivity contribution in [2.75, 3.05) is 18.5 Å². The quantitative estimate of drug-likeness (QED) is 0.648. The largest absolute Gasteiger partial charge is 0.481 e. The highest BCUT2D eigenvalue weighted by molar-refractivity contribution is 5.94. The molecule has 0 spiro atoms. The SMILES string of the molecule is CN(CCCC(=O)O)c1ccc2ncccc2c1[N+](=O)[O-]. The first-order valence-corrected chi connectivity index (χ1v) is 6.45. The normalized spacial score (nSPS) is 10.5. The molecule has 7 heteroatoms. The number of carboxylic acid groups (broad SMARTS) is 1. The predicted octanol–water partition coefficient (Wildman–Crippen LogP) is 2.44. The summed E-state index contributed by atoms with van der Waals surface area (Å²) in [4.78, 5) is 27.3. The average molecular weight is 289 g/mol. The highest BCUT2D eigenvalue weighted by Gasteiger charge is 2.21. The Morgan fingerprint density at radius 2 is 2.19 bits per heavy atom. The number of pyridine rings is 1. The number of aliphatic carboxylic acids is 1. The molecule has 0 radical (unpaired) electrons. The summed E-state index contributed by atoms with van der Waals surface area (Å²) in [6.45, 7) is 0.429. The first-order chi connectivity index (χ1) is 10.0. The van der Waals surface area contributed by atoms with E-state index in [1.54, 1.807) is 42.4 Å². The second kappa shape index (κ2) is 6.17. The van der Waals surface area contributed by atoms with E-state index in [9.17, 15) is 14.9 Å². The van der Waals surface area contributed by atoms with E-state index in [2.05, 4.69) is 4.98 Å². The third-order valence-corrected chi connectivity index (χ3v) is 3.21. The molecule has 1 aromatic heterocycles. The number of anilines is 1. The van der Waals surface area contributed by atoms with Crippen LogP contribution in [-0.4, -0.2) is 34.6 Å². The molecule has 0 saturated heterocycles. The van der Waals surface area contributed by atoms with Crippen LogP contribution in [0.25, 0.3) is 10.9 Å². The first kappa shape index (κ1) is 14.7. The van der Waals surface area contributed by atoms with E-state index in [4.69, 9.17) is 5.11 Å². The van der Waals surface area contributed by atoms with Gasteiger partial charge in [0.2, 0.25) is 0 Å². The molecular formula is C14H15N3O4. The molecule has 110 valence electrons. The van der Waals surface area contributed by atoms with Crippen molar-refractivity contribution in [1.29, 1.82) is 0 Å². The zero-order valence-corrected chi connectivity index (χ0v) is 11.5. The van der Waals surface area contributed by atoms with Crippen LogP contribution in [0, 0.1) is 10.1 Å². The summed E-state index contributed by atoms with van der Waals surface area (Å²) in [6.07, 6.45) is 2.05. The Hall–Kier alpha value is -2.70. The number of nitro groups is 1. The monoisotopic (exact) mass is 289 g/mol. The summed E-state index contributed by atoms with van der Waals surface area (Å²) >= 11 is 0. The van der Waals surface area contributed by atoms with E-state index in [0.717, 1.165) is 0 Å². The molecule has 2 rings (SSSR count). The summed E-state index contributed by atoms with van der Waals surface area (Å²) in [5, 5.41) is 20.5. The fourth-order valence-corrected chi connectivity index (χ4v) is 2.21. The standard InChI is InChI=1S/C14H15N3O4/c1-16(9-3-5-13(18)19)12-7-6-11-10(4-2-8-15-11)14(12)17(20)21/h2,4,6-8H,3,5,9H2,1H3,(H,18,19). The topological polar surface area (TPSA) is 96.6 Å². The molecule has 0 unspecified atom stereocenters. The molecule has 1 heterocycles. The number of fused-ring (bicyclic) bond motifs is 1. The molecular weight excluding hydrogens is 274 g/mol. The Bertz CT molecular complexity index is 687. The van der Waals surface area contributed by atoms with Crippen LogP contribution in [0.2, 0.25) is 0 Å². The zero-order valence-electron chi connectivity index (χ0n) is 11.5. The minimum absolute atomic E-state index is 0.00146. The Balaban J connectivity index is 2.36. The van der Waals surface area contributed by atoms with Gasteiger partial charge in [-0.25, -0.2) is 0 Å². The van der Waals surface area contributed by atoms with E-state index in [-0.39, 0.29) is 12.1 Å². The summed E-state index contributed by atoms with van der Waals surface area (Å²) < 4.78 is 0. The Kier molecular flexibility index (Phi) is 4.32. The lowest BCUT2D eigenvalue weighted by molar-refractivity contribution is -0.382. The van der Waals surface area contributed by atoms with Crippen LogP contribution < -0.4 is 4.90 Å². The van der Waals surface area contributed by atoms with Gasteiger partial charge >= 0.3 is 11.7 Å². The number of carboxylic acids is 1. The molecule has 0 aliphatic carbocycles. The molecule has 0 atom stereocenters. The predicted molar refractivity (Wildman–Crippen MR) is 78.5 cm³/mol. The van der Waals surface area contributed by atoms with Gasteiger partial charge in [0.1, 0.15) is 5.69 Å². The number of rotatable bonds is 6. The van der Waals surface area contributed by atoms with E-state index >= 15 is 0 Å². The van der Waals surface area contributed by atoms with E-state index in [1.807, 2.05) is 0 Å². The number of hydrogen-bond acceptors (Lipinski definition) is 5. The molecule has 0 aliphatic heterocycles. The number of carbonyl (C=O) groups is 1. The minimum Gasteiger partial charge on any atom is -0.481 e. The first-order valence-electron chi connectivity index (χ1n) is 6.45. The second-order valence-electron chi connectivity index (χ2n) is 4.68. The van der Waals surface area contributed by atoms with Crippen LogP contribution in [0.15, 0.2) is 30.5 Å². The number of nitrogens with zero attached hydrogens (tertiary/aromatic N) is 3. The van der Waals surface area contributed by atoms with Crippen molar-refractivity contribution < 1.29 is 14.8 Å². The van der Waals surface area contributed by atoms with E-state index in [1.165, 1.54) is 0 Å². The van der Waals surface area contributed by atoms with Crippen LogP contribution in [0.5, 0.6) is 0 Å². The van der Waals surface area contributed by atoms with Crippen molar-refractivity contribution in [2.24, 2.45) is 0 Å². The second-order valence-corrected chi connectivity index (χ2v) is 4.68. The van der Waals surface area contributed by atoms with Crippen molar-refractivity contribution in [3.63, 3.8) is 0 Å². The van der Waals surface area contributed by atoms with Gasteiger partial charge in [-0.3, -0.25) is 19.9 Å². The lowest BCUT2D eigenvalue weighted by atomic mass is 10.1. The molecule has 21 heavy (non-hydrogen) atoms. The molecule has 0 amide bonds. The summed E-state index contributed by atoms with van der Waals surface area (Å²) in [6, 6.07) is 6.69. The lowest BCUT2D eigenvalue weighted by Crippen LogP contribution is -2.20. The van der Waals surface area contributed by atoms with Gasteiger partial charge in [0, 0.05) is 26.2 Å². The molecule has 0 bridgehead atoms. The Morgan fingerprint density at radius 1 is 1.43 bits per heavy atom. The maximum atomic E-state index is 11.4. The van der Waals surface area contributed by atoms with E-state index in [0.29, 0.717) is 29.6 Å². The van der Waals surface area contributed by atoms with Crippen molar-refractivity contribution in [2.45, 2.75) is 12.8 Å². The molecule has 0 fully saturated rings. The maximum absolute atomic E-state index is 11.4. The Morgan fingerprint density at radius 3 is 2.86 bits per heavy atom. The number of aromatic nitrogens is 1. The van der Waals surface area contributed by atoms with Gasteiger partial charge in [0.25, 0.3) is 0 Å². The molecule has 0 aliphatic rings. The summed E-state index contributed by atoms with van der Waals surface area (Å²) in [7, 11) is 1.71. The summed E-state index contributed by atoms with van der Waals surface area (Å²) in [5.41, 5.74) is 1.02. The summed E-state index contributed by atoms with van der Waals surface area (Å²) in [5.74, 6) is -0.874. The smallest absolute Gasteiger partial charge is 0.303 e. The highest BCUT2D eigenvalue weighted by Crippen LogP contribution is 2.34. The van der Waals surface area contributed by atoms with Gasteiger partial charge < -0.3 is 10.0 Å². The third kappa shape index (κ3) is 3.25. The van der Waals surface area contributed by atoms with Crippen LogP contribution >= 0.6 is 0 Å². The van der Waals surface area contributed by atoms with Crippen LogP contribution in [0.3, 0.4) is 0 Å². The number of benzene rings is 1. The minimum atomic E-state index is -0.874. The third-order valence-electron chi connectivity index (χ3n) is 3.21. The van der Waals surface area contributed by atoms with Crippen molar-refractivity contribution in [1.82, 2.24) is 4.98 Å². The maximum Gasteiger partial charge on any atom is 0.303 e. The molecule has 1 aromatic carbocycles. The van der Waals surface area contributed by atoms with Crippen molar-refractivity contribution in [3.8, 4) is 0 Å². The zero-order chi connectivity index (χ0) is 15.4. The van der Waals surface area contributed by atoms with E-state index < -0.39 is 10.9 Å². The van der Waals surface area contributed by atoms with Crippen LogP contribution in [-0.2, 0) is 4.79 Å². The van der Waals surface area contributed by atoms with Gasteiger partial charge in [-0.2, -0.15) is 0 Å². The lowest BCUT2D eigenvalue weighted by Gasteiger charge is -2.19. The average Bonchev–Trinajstić information content (AvgIpc) is 2.45. The van der Waals surface area contributed by atoms with Gasteiger partial charge in [-0.1, -0.05) is 0 Å². The van der Waals surface area contributed by atoms with Gasteiger partial charge in [-0.15, -0.1) is 0 Å². The van der Waals surface area contributed by atoms with Gasteiger partial charge in [-0.05, 0) is 30.7 Å². The Labute approximate surface area is 121 Å². The van der Waals surface area contributed by atoms with Crippen LogP contribution in [0.1, 0.15) is 12.8 Å². The number of hydrogen-bond donors (Lipinski definition) is 1. The molecule has 2 aromatic rings. The van der Waals surface area contributed by atoms with Gasteiger partial charge in [0.05, 0.1) is 15.8 Å². The molecule has 7 nitrogen and oxygen atoms in total. The highest BCUT2D eigenvalue weighted by atomic mass is 16.6.